The molecule has 0 aliphatic carbocycles. The number of aromatic nitrogens is 1. The van der Waals surface area contributed by atoms with Crippen molar-refractivity contribution in [1.82, 2.24) is 4.98 Å². The number of nitro benzene ring substituents is 1. The van der Waals surface area contributed by atoms with Crippen molar-refractivity contribution >= 4 is 28.0 Å². The fourth-order valence-electron chi connectivity index (χ4n) is 1.55. The Balaban J connectivity index is 2.62. The molecule has 1 aromatic carbocycles. The summed E-state index contributed by atoms with van der Waals surface area (Å²) in [7, 11) is 1.11. The van der Waals surface area contributed by atoms with Crippen LogP contribution in [0.2, 0.25) is 0 Å². The van der Waals surface area contributed by atoms with Gasteiger partial charge in [-0.2, -0.15) is 4.39 Å². The Labute approximate surface area is 120 Å². The molecular formula is C11H7F2N3O4S. The number of hydrogen-bond donors (Lipinski definition) is 1. The lowest BCUT2D eigenvalue weighted by Gasteiger charge is -2.00. The molecule has 0 aliphatic heterocycles. The molecule has 0 unspecified atom stereocenters. The molecule has 1 aromatic heterocycles. The van der Waals surface area contributed by atoms with Crippen LogP contribution in [0.25, 0.3) is 10.6 Å². The second-order valence-corrected chi connectivity index (χ2v) is 4.80. The quantitative estimate of drug-likeness (QED) is 0.529. The highest BCUT2D eigenvalue weighted by atomic mass is 32.1. The largest absolute Gasteiger partial charge is 0.464 e. The van der Waals surface area contributed by atoms with Gasteiger partial charge in [0.05, 0.1) is 23.7 Å². The van der Waals surface area contributed by atoms with Gasteiger partial charge < -0.3 is 10.5 Å². The first-order valence-electron chi connectivity index (χ1n) is 5.33. The minimum Gasteiger partial charge on any atom is -0.464 e. The molecule has 0 atom stereocenters. The van der Waals surface area contributed by atoms with Gasteiger partial charge in [-0.05, 0) is 6.07 Å². The molecule has 1 heterocycles. The number of methoxy groups -OCH3 is 1. The number of hydrogen-bond acceptors (Lipinski definition) is 7. The highest BCUT2D eigenvalue weighted by Gasteiger charge is 2.25. The number of carbonyl (C=O) groups is 1. The summed E-state index contributed by atoms with van der Waals surface area (Å²) in [6.45, 7) is 0. The van der Waals surface area contributed by atoms with Crippen LogP contribution in [0.1, 0.15) is 10.5 Å². The number of nitrogens with zero attached hydrogens (tertiary/aromatic N) is 2. The average molecular weight is 315 g/mol. The van der Waals surface area contributed by atoms with E-state index >= 15 is 0 Å². The summed E-state index contributed by atoms with van der Waals surface area (Å²) >= 11 is 0.691. The molecule has 0 saturated heterocycles. The summed E-state index contributed by atoms with van der Waals surface area (Å²) in [5.41, 5.74) is 3.81. The van der Waals surface area contributed by atoms with E-state index in [9.17, 15) is 23.7 Å². The van der Waals surface area contributed by atoms with Crippen molar-refractivity contribution in [2.45, 2.75) is 0 Å². The first-order chi connectivity index (χ1) is 9.85. The summed E-state index contributed by atoms with van der Waals surface area (Å²) in [6, 6.07) is 1.19. The van der Waals surface area contributed by atoms with Gasteiger partial charge in [0.1, 0.15) is 15.8 Å². The fraction of sp³-hybridized carbons (Fsp3) is 0.0909. The van der Waals surface area contributed by atoms with Gasteiger partial charge in [0, 0.05) is 0 Å². The Morgan fingerprint density at radius 3 is 2.71 bits per heavy atom. The zero-order valence-corrected chi connectivity index (χ0v) is 11.2. The smallest absolute Gasteiger partial charge is 0.359 e. The van der Waals surface area contributed by atoms with Gasteiger partial charge in [-0.1, -0.05) is 11.3 Å². The number of anilines is 1. The third-order valence-electron chi connectivity index (χ3n) is 2.48. The maximum atomic E-state index is 14.0. The monoisotopic (exact) mass is 315 g/mol. The van der Waals surface area contributed by atoms with Crippen LogP contribution < -0.4 is 5.73 Å². The molecule has 0 aliphatic rings. The molecule has 21 heavy (non-hydrogen) atoms. The van der Waals surface area contributed by atoms with E-state index in [-0.39, 0.29) is 15.7 Å². The molecule has 110 valence electrons. The standard InChI is InChI=1S/C11H7F2N3O4S/c1-20-11(17)8-9(14)21-10(15-8)5-2-4(12)3-6(7(5)13)16(18)19/h2-3H,14H2,1H3. The van der Waals surface area contributed by atoms with Gasteiger partial charge >= 0.3 is 11.7 Å². The highest BCUT2D eigenvalue weighted by molar-refractivity contribution is 7.19. The molecule has 0 fully saturated rings. The SMILES string of the molecule is COC(=O)c1nc(-c2cc(F)cc([N+](=O)[O-])c2F)sc1N. The van der Waals surface area contributed by atoms with E-state index in [0.29, 0.717) is 17.4 Å². The molecule has 0 spiro atoms. The third-order valence-corrected chi connectivity index (χ3v) is 3.40. The molecule has 7 nitrogen and oxygen atoms in total. The lowest BCUT2D eigenvalue weighted by molar-refractivity contribution is -0.387. The van der Waals surface area contributed by atoms with Crippen LogP contribution in [0.15, 0.2) is 12.1 Å². The lowest BCUT2D eigenvalue weighted by atomic mass is 10.2. The first kappa shape index (κ1) is 14.8. The average Bonchev–Trinajstić information content (AvgIpc) is 2.81. The minimum atomic E-state index is -1.26. The number of esters is 1. The normalized spacial score (nSPS) is 10.4. The van der Waals surface area contributed by atoms with Crippen LogP contribution >= 0.6 is 11.3 Å². The number of thiazole rings is 1. The number of halogens is 2. The molecule has 0 bridgehead atoms. The van der Waals surface area contributed by atoms with Crippen LogP contribution in [0, 0.1) is 21.7 Å². The molecular weight excluding hydrogens is 308 g/mol. The van der Waals surface area contributed by atoms with Crippen molar-refractivity contribution in [3.05, 3.63) is 39.6 Å². The van der Waals surface area contributed by atoms with Crippen LogP contribution in [0.5, 0.6) is 0 Å². The van der Waals surface area contributed by atoms with Crippen molar-refractivity contribution in [1.29, 1.82) is 0 Å². The minimum absolute atomic E-state index is 0.0665. The van der Waals surface area contributed by atoms with E-state index in [1.165, 1.54) is 0 Å². The summed E-state index contributed by atoms with van der Waals surface area (Å²) in [4.78, 5) is 24.7. The van der Waals surface area contributed by atoms with Crippen molar-refractivity contribution in [3.8, 4) is 10.6 Å². The number of ether oxygens (including phenoxy) is 1. The van der Waals surface area contributed by atoms with E-state index in [2.05, 4.69) is 9.72 Å². The highest BCUT2D eigenvalue weighted by Crippen LogP contribution is 2.35. The van der Waals surface area contributed by atoms with Crippen molar-refractivity contribution in [2.75, 3.05) is 12.8 Å². The second kappa shape index (κ2) is 5.40. The Morgan fingerprint density at radius 2 is 2.14 bits per heavy atom. The summed E-state index contributed by atoms with van der Waals surface area (Å²) in [5.74, 6) is -3.11. The molecule has 0 saturated carbocycles. The number of rotatable bonds is 3. The number of carbonyl (C=O) groups excluding carboxylic acids is 1. The summed E-state index contributed by atoms with van der Waals surface area (Å²) < 4.78 is 31.8. The van der Waals surface area contributed by atoms with Crippen LogP contribution in [0.4, 0.5) is 19.5 Å². The van der Waals surface area contributed by atoms with Crippen molar-refractivity contribution in [2.24, 2.45) is 0 Å². The van der Waals surface area contributed by atoms with Gasteiger partial charge in [0.25, 0.3) is 0 Å². The van der Waals surface area contributed by atoms with E-state index in [0.717, 1.165) is 13.2 Å². The Bertz CT molecular complexity index is 747. The molecule has 2 N–H and O–H groups in total. The molecule has 10 heteroatoms. The van der Waals surface area contributed by atoms with E-state index in [1.54, 1.807) is 0 Å². The second-order valence-electron chi connectivity index (χ2n) is 3.77. The number of nitrogens with two attached hydrogens (primary N) is 1. The number of nitro groups is 1. The first-order valence-corrected chi connectivity index (χ1v) is 6.15. The Hall–Kier alpha value is -2.62. The van der Waals surface area contributed by atoms with Crippen LogP contribution in [-0.4, -0.2) is 23.0 Å². The van der Waals surface area contributed by atoms with Gasteiger partial charge in [-0.25, -0.2) is 14.2 Å². The van der Waals surface area contributed by atoms with E-state index < -0.39 is 33.8 Å². The Kier molecular flexibility index (Phi) is 3.80. The van der Waals surface area contributed by atoms with Gasteiger partial charge in [0.15, 0.2) is 5.69 Å². The fourth-order valence-corrected chi connectivity index (χ4v) is 2.38. The summed E-state index contributed by atoms with van der Waals surface area (Å²) in [6.07, 6.45) is 0. The van der Waals surface area contributed by atoms with E-state index in [1.807, 2.05) is 0 Å². The Morgan fingerprint density at radius 1 is 1.48 bits per heavy atom. The predicted octanol–water partition coefficient (Wildman–Crippen LogP) is 2.37. The van der Waals surface area contributed by atoms with Crippen LogP contribution in [0.3, 0.4) is 0 Å². The predicted molar refractivity (Wildman–Crippen MR) is 69.9 cm³/mol. The van der Waals surface area contributed by atoms with E-state index in [4.69, 9.17) is 5.73 Å². The number of benzene rings is 1. The topological polar surface area (TPSA) is 108 Å². The summed E-state index contributed by atoms with van der Waals surface area (Å²) in [5, 5.41) is 10.4. The maximum Gasteiger partial charge on any atom is 0.359 e. The molecule has 2 rings (SSSR count). The number of nitrogen functional groups attached to an aromatic ring is 1. The zero-order valence-electron chi connectivity index (χ0n) is 10.4. The van der Waals surface area contributed by atoms with Crippen molar-refractivity contribution < 1.29 is 23.2 Å². The van der Waals surface area contributed by atoms with Gasteiger partial charge in [-0.15, -0.1) is 0 Å². The zero-order chi connectivity index (χ0) is 15.7. The lowest BCUT2D eigenvalue weighted by Crippen LogP contribution is -2.04. The van der Waals surface area contributed by atoms with Crippen LogP contribution in [-0.2, 0) is 4.74 Å². The molecule has 0 radical (unpaired) electrons. The molecule has 0 amide bonds. The third kappa shape index (κ3) is 2.65. The molecule has 2 aromatic rings. The van der Waals surface area contributed by atoms with Gasteiger partial charge in [0.2, 0.25) is 5.82 Å². The van der Waals surface area contributed by atoms with Gasteiger partial charge in [-0.3, -0.25) is 10.1 Å². The maximum absolute atomic E-state index is 14.0. The van der Waals surface area contributed by atoms with Crippen molar-refractivity contribution in [3.63, 3.8) is 0 Å².